The van der Waals surface area contributed by atoms with Crippen LogP contribution < -0.4 is 0 Å². The summed E-state index contributed by atoms with van der Waals surface area (Å²) in [6, 6.07) is 1.91. The highest BCUT2D eigenvalue weighted by Crippen LogP contribution is 2.28. The van der Waals surface area contributed by atoms with E-state index in [1.165, 1.54) is 0 Å². The van der Waals surface area contributed by atoms with Crippen molar-refractivity contribution >= 4 is 5.78 Å². The average molecular weight is 349 g/mol. The second-order valence-corrected chi connectivity index (χ2v) is 6.29. The third kappa shape index (κ3) is 3.98. The third-order valence-electron chi connectivity index (χ3n) is 4.33. The quantitative estimate of drug-likeness (QED) is 0.865. The molecule has 3 rings (SSSR count). The molecule has 0 spiro atoms. The van der Waals surface area contributed by atoms with Gasteiger partial charge in [0.2, 0.25) is 0 Å². The van der Waals surface area contributed by atoms with Gasteiger partial charge in [-0.05, 0) is 44.4 Å². The predicted octanol–water partition coefficient (Wildman–Crippen LogP) is 3.12. The SMILES string of the molecule is C#C.CC1=C(/C=C(\C)CO)C(=O)c2cc(-c3cnn(C)c3)cnc2CC1. The number of carbonyl (C=O) groups excluding carboxylic acids is 1. The number of aromatic nitrogens is 3. The number of nitrogens with zero attached hydrogens (tertiary/aromatic N) is 3. The monoisotopic (exact) mass is 349 g/mol. The van der Waals surface area contributed by atoms with E-state index in [-0.39, 0.29) is 12.4 Å². The Morgan fingerprint density at radius 1 is 1.31 bits per heavy atom. The first-order valence-corrected chi connectivity index (χ1v) is 8.33. The molecule has 0 atom stereocenters. The standard InChI is InChI=1S/C19H21N3O2.C2H2/c1-12(11-23)6-16-13(2)4-5-18-17(19(16)24)7-14(8-20-18)15-9-21-22(3)10-15;1-2/h6-10,23H,4-5,11H2,1-3H3;1-2H/b12-6+;. The van der Waals surface area contributed by atoms with Gasteiger partial charge in [-0.25, -0.2) is 0 Å². The average Bonchev–Trinajstić information content (AvgIpc) is 3.06. The summed E-state index contributed by atoms with van der Waals surface area (Å²) in [4.78, 5) is 17.6. The molecule has 5 nitrogen and oxygen atoms in total. The first-order chi connectivity index (χ1) is 12.5. The fraction of sp³-hybridized carbons (Fsp3) is 0.286. The Bertz CT molecular complexity index is 901. The second-order valence-electron chi connectivity index (χ2n) is 6.29. The minimum absolute atomic E-state index is 0.0222. The lowest BCUT2D eigenvalue weighted by Gasteiger charge is -2.08. The van der Waals surface area contributed by atoms with Crippen LogP contribution in [0.25, 0.3) is 11.1 Å². The molecular weight excluding hydrogens is 326 g/mol. The van der Waals surface area contributed by atoms with Crippen LogP contribution in [0.2, 0.25) is 0 Å². The van der Waals surface area contributed by atoms with Crippen molar-refractivity contribution in [1.82, 2.24) is 14.8 Å². The van der Waals surface area contributed by atoms with Gasteiger partial charge < -0.3 is 5.11 Å². The molecule has 2 aromatic rings. The Hall–Kier alpha value is -2.97. The number of aryl methyl sites for hydroxylation is 2. The number of aliphatic hydroxyl groups excluding tert-OH is 1. The Morgan fingerprint density at radius 3 is 2.65 bits per heavy atom. The van der Waals surface area contributed by atoms with Crippen LogP contribution in [-0.2, 0) is 13.5 Å². The number of rotatable bonds is 3. The van der Waals surface area contributed by atoms with E-state index in [1.807, 2.05) is 33.2 Å². The first-order valence-electron chi connectivity index (χ1n) is 8.33. The molecule has 0 fully saturated rings. The van der Waals surface area contributed by atoms with Crippen LogP contribution in [0.15, 0.2) is 47.5 Å². The number of hydrogen-bond acceptors (Lipinski definition) is 4. The molecule has 2 aromatic heterocycles. The zero-order valence-electron chi connectivity index (χ0n) is 15.4. The Morgan fingerprint density at radius 2 is 2.04 bits per heavy atom. The van der Waals surface area contributed by atoms with E-state index in [0.717, 1.165) is 40.8 Å². The molecule has 1 N–H and O–H groups in total. The highest BCUT2D eigenvalue weighted by Gasteiger charge is 2.22. The Balaban J connectivity index is 0.00000117. The molecule has 5 heteroatoms. The van der Waals surface area contributed by atoms with Gasteiger partial charge in [0.1, 0.15) is 0 Å². The summed E-state index contributed by atoms with van der Waals surface area (Å²) >= 11 is 0. The van der Waals surface area contributed by atoms with Gasteiger partial charge in [0.15, 0.2) is 5.78 Å². The van der Waals surface area contributed by atoms with Gasteiger partial charge in [-0.3, -0.25) is 14.5 Å². The maximum absolute atomic E-state index is 13.0. The van der Waals surface area contributed by atoms with Crippen LogP contribution in [0.5, 0.6) is 0 Å². The van der Waals surface area contributed by atoms with Crippen LogP contribution in [0, 0.1) is 12.8 Å². The van der Waals surface area contributed by atoms with E-state index < -0.39 is 0 Å². The maximum atomic E-state index is 13.0. The summed E-state index contributed by atoms with van der Waals surface area (Å²) in [6.45, 7) is 3.75. The van der Waals surface area contributed by atoms with Crippen LogP contribution >= 0.6 is 0 Å². The smallest absolute Gasteiger partial charge is 0.194 e. The van der Waals surface area contributed by atoms with E-state index in [0.29, 0.717) is 11.1 Å². The fourth-order valence-corrected chi connectivity index (χ4v) is 2.88. The number of fused-ring (bicyclic) bond motifs is 1. The van der Waals surface area contributed by atoms with Crippen molar-refractivity contribution in [2.24, 2.45) is 7.05 Å². The van der Waals surface area contributed by atoms with Gasteiger partial charge in [0.25, 0.3) is 0 Å². The van der Waals surface area contributed by atoms with Crippen LogP contribution in [0.4, 0.5) is 0 Å². The molecule has 0 amide bonds. The number of carbonyl (C=O) groups is 1. The lowest BCUT2D eigenvalue weighted by Crippen LogP contribution is -2.07. The predicted molar refractivity (Wildman–Crippen MR) is 103 cm³/mol. The Kier molecular flexibility index (Phi) is 6.26. The largest absolute Gasteiger partial charge is 0.392 e. The number of pyridine rings is 1. The van der Waals surface area contributed by atoms with Crippen LogP contribution in [-0.4, -0.2) is 32.3 Å². The van der Waals surface area contributed by atoms with Crippen molar-refractivity contribution in [1.29, 1.82) is 0 Å². The molecule has 0 aliphatic heterocycles. The van der Waals surface area contributed by atoms with Gasteiger partial charge >= 0.3 is 0 Å². The summed E-state index contributed by atoms with van der Waals surface area (Å²) in [6.07, 6.45) is 16.8. The molecule has 1 aliphatic carbocycles. The molecule has 0 bridgehead atoms. The van der Waals surface area contributed by atoms with Gasteiger partial charge in [0, 0.05) is 41.7 Å². The molecule has 2 heterocycles. The summed E-state index contributed by atoms with van der Waals surface area (Å²) in [5.41, 5.74) is 5.78. The summed E-state index contributed by atoms with van der Waals surface area (Å²) in [7, 11) is 1.86. The molecule has 0 saturated heterocycles. The highest BCUT2D eigenvalue weighted by atomic mass is 16.3. The lowest BCUT2D eigenvalue weighted by molar-refractivity contribution is 0.103. The van der Waals surface area contributed by atoms with E-state index >= 15 is 0 Å². The normalized spacial score (nSPS) is 14.4. The van der Waals surface area contributed by atoms with Crippen molar-refractivity contribution < 1.29 is 9.90 Å². The van der Waals surface area contributed by atoms with Crippen LogP contribution in [0.1, 0.15) is 36.3 Å². The highest BCUT2D eigenvalue weighted by molar-refractivity contribution is 6.12. The van der Waals surface area contributed by atoms with Crippen molar-refractivity contribution in [3.63, 3.8) is 0 Å². The second kappa shape index (κ2) is 8.41. The third-order valence-corrected chi connectivity index (χ3v) is 4.33. The molecule has 0 radical (unpaired) electrons. The number of Topliss-reactive ketones (excluding diaryl/α,β-unsaturated/α-hetero) is 1. The van der Waals surface area contributed by atoms with Gasteiger partial charge in [-0.2, -0.15) is 5.10 Å². The molecular formula is C21H23N3O2. The van der Waals surface area contributed by atoms with E-state index in [2.05, 4.69) is 22.9 Å². The van der Waals surface area contributed by atoms with Crippen LogP contribution in [0.3, 0.4) is 0 Å². The van der Waals surface area contributed by atoms with Gasteiger partial charge in [-0.15, -0.1) is 12.8 Å². The Labute approximate surface area is 154 Å². The van der Waals surface area contributed by atoms with Crippen molar-refractivity contribution in [3.05, 3.63) is 58.7 Å². The topological polar surface area (TPSA) is 68.0 Å². The van der Waals surface area contributed by atoms with E-state index in [4.69, 9.17) is 0 Å². The minimum atomic E-state index is -0.0507. The van der Waals surface area contributed by atoms with Gasteiger partial charge in [-0.1, -0.05) is 5.57 Å². The number of hydrogen-bond donors (Lipinski definition) is 1. The number of allylic oxidation sites excluding steroid dienone is 3. The number of aliphatic hydroxyl groups is 1. The zero-order chi connectivity index (χ0) is 19.3. The number of ketones is 1. The molecule has 0 saturated carbocycles. The molecule has 1 aliphatic rings. The molecule has 0 aromatic carbocycles. The fourth-order valence-electron chi connectivity index (χ4n) is 2.88. The molecule has 26 heavy (non-hydrogen) atoms. The zero-order valence-corrected chi connectivity index (χ0v) is 15.4. The maximum Gasteiger partial charge on any atom is 0.194 e. The van der Waals surface area contributed by atoms with Gasteiger partial charge in [0.05, 0.1) is 18.5 Å². The van der Waals surface area contributed by atoms with Crippen molar-refractivity contribution in [3.8, 4) is 24.0 Å². The van der Waals surface area contributed by atoms with E-state index in [1.54, 1.807) is 23.2 Å². The molecule has 0 unspecified atom stereocenters. The van der Waals surface area contributed by atoms with Crippen molar-refractivity contribution in [2.75, 3.05) is 6.61 Å². The minimum Gasteiger partial charge on any atom is -0.392 e. The number of terminal acetylenes is 1. The van der Waals surface area contributed by atoms with E-state index in [9.17, 15) is 9.90 Å². The summed E-state index contributed by atoms with van der Waals surface area (Å²) in [5, 5.41) is 13.5. The first kappa shape index (κ1) is 19.4. The van der Waals surface area contributed by atoms with Crippen molar-refractivity contribution in [2.45, 2.75) is 26.7 Å². The summed E-state index contributed by atoms with van der Waals surface area (Å²) < 4.78 is 1.73. The lowest BCUT2D eigenvalue weighted by atomic mass is 9.97. The molecule has 134 valence electrons. The summed E-state index contributed by atoms with van der Waals surface area (Å²) in [5.74, 6) is -0.0222.